The van der Waals surface area contributed by atoms with Gasteiger partial charge in [0.2, 0.25) is 5.91 Å². The van der Waals surface area contributed by atoms with E-state index < -0.39 is 0 Å². The average Bonchev–Trinajstić information content (AvgIpc) is 2.88. The number of hydrogen-bond donors (Lipinski definition) is 0. The van der Waals surface area contributed by atoms with Gasteiger partial charge in [-0.25, -0.2) is 0 Å². The highest BCUT2D eigenvalue weighted by Crippen LogP contribution is 2.43. The lowest BCUT2D eigenvalue weighted by Gasteiger charge is -2.42. The molecule has 3 aromatic rings. The van der Waals surface area contributed by atoms with Crippen LogP contribution in [0.25, 0.3) is 0 Å². The summed E-state index contributed by atoms with van der Waals surface area (Å²) in [5.41, 5.74) is 4.90. The number of allylic oxidation sites excluding steroid dienone is 1. The van der Waals surface area contributed by atoms with Gasteiger partial charge in [0.15, 0.2) is 0 Å². The third-order valence-corrected chi connectivity index (χ3v) is 7.67. The number of rotatable bonds is 5. The number of amides is 1. The smallest absolute Gasteiger partial charge is 0.229 e. The molecular weight excluding hydrogens is 478 g/mol. The predicted octanol–water partition coefficient (Wildman–Crippen LogP) is 6.45. The van der Waals surface area contributed by atoms with E-state index in [9.17, 15) is 10.1 Å². The van der Waals surface area contributed by atoms with Gasteiger partial charge in [0, 0.05) is 23.0 Å². The third kappa shape index (κ3) is 5.02. The van der Waals surface area contributed by atoms with Crippen LogP contribution in [0.4, 0.5) is 5.69 Å². The first-order valence-electron chi connectivity index (χ1n) is 11.4. The molecule has 5 rings (SSSR count). The van der Waals surface area contributed by atoms with E-state index in [4.69, 9.17) is 16.3 Å². The largest absolute Gasteiger partial charge is 0.489 e. The van der Waals surface area contributed by atoms with Crippen LogP contribution in [0.3, 0.4) is 0 Å². The number of nitriles is 1. The molecule has 0 unspecified atom stereocenters. The van der Waals surface area contributed by atoms with E-state index in [0.717, 1.165) is 27.6 Å². The molecule has 0 radical (unpaired) electrons. The Labute approximate surface area is 214 Å². The molecule has 1 saturated heterocycles. The number of benzene rings is 3. The van der Waals surface area contributed by atoms with Gasteiger partial charge in [-0.15, -0.1) is 0 Å². The van der Waals surface area contributed by atoms with Gasteiger partial charge in [-0.1, -0.05) is 59.8 Å². The van der Waals surface area contributed by atoms with Crippen molar-refractivity contribution in [2.75, 3.05) is 17.4 Å². The molecule has 2 aliphatic heterocycles. The van der Waals surface area contributed by atoms with Crippen molar-refractivity contribution in [3.05, 3.63) is 105 Å². The van der Waals surface area contributed by atoms with Gasteiger partial charge >= 0.3 is 0 Å². The number of carbonyl (C=O) groups excluding carboxylic acids is 1. The molecule has 176 valence electrons. The van der Waals surface area contributed by atoms with Crippen molar-refractivity contribution in [1.82, 2.24) is 4.90 Å². The molecule has 0 saturated carbocycles. The Kier molecular flexibility index (Phi) is 6.72. The highest BCUT2D eigenvalue weighted by Gasteiger charge is 2.38. The van der Waals surface area contributed by atoms with Crippen LogP contribution in [0.15, 0.2) is 83.4 Å². The summed E-state index contributed by atoms with van der Waals surface area (Å²) in [6.45, 7) is 2.96. The number of halogens is 1. The summed E-state index contributed by atoms with van der Waals surface area (Å²) in [7, 11) is 0. The monoisotopic (exact) mass is 501 g/mol. The van der Waals surface area contributed by atoms with Gasteiger partial charge in [-0.2, -0.15) is 5.26 Å². The number of fused-ring (bicyclic) bond motifs is 1. The molecule has 1 atom stereocenters. The minimum absolute atomic E-state index is 0.0388. The molecule has 5 nitrogen and oxygen atoms in total. The fourth-order valence-corrected chi connectivity index (χ4v) is 5.67. The lowest BCUT2D eigenvalue weighted by atomic mass is 9.86. The molecule has 35 heavy (non-hydrogen) atoms. The van der Waals surface area contributed by atoms with Gasteiger partial charge in [-0.3, -0.25) is 9.69 Å². The molecule has 0 spiro atoms. The zero-order valence-electron chi connectivity index (χ0n) is 19.3. The first-order valence-corrected chi connectivity index (χ1v) is 12.7. The maximum Gasteiger partial charge on any atom is 0.229 e. The number of hydrogen-bond acceptors (Lipinski definition) is 5. The van der Waals surface area contributed by atoms with E-state index in [2.05, 4.69) is 36.1 Å². The van der Waals surface area contributed by atoms with Crippen molar-refractivity contribution < 1.29 is 9.53 Å². The van der Waals surface area contributed by atoms with Crippen LogP contribution in [0.1, 0.15) is 29.0 Å². The quantitative estimate of drug-likeness (QED) is 0.402. The van der Waals surface area contributed by atoms with E-state index in [1.165, 1.54) is 5.56 Å². The SMILES string of the molecule is Cc1cccc(N2CSC3=C(C#N)[C@@H](c4ccc(OCc5ccc(Cl)cc5)cc4)CC(=O)N3C2)c1. The highest BCUT2D eigenvalue weighted by atomic mass is 35.5. The molecule has 0 N–H and O–H groups in total. The number of aryl methyl sites for hydroxylation is 1. The van der Waals surface area contributed by atoms with Gasteiger partial charge in [0.25, 0.3) is 0 Å². The van der Waals surface area contributed by atoms with E-state index in [0.29, 0.717) is 29.7 Å². The second-order valence-corrected chi connectivity index (χ2v) is 10.1. The number of carbonyl (C=O) groups is 1. The molecule has 2 heterocycles. The summed E-state index contributed by atoms with van der Waals surface area (Å²) in [6, 6.07) is 25.9. The standard InChI is InChI=1S/C28H24ClN3O2S/c1-19-3-2-4-23(13-19)31-17-32-27(33)14-25(26(15-30)28(32)35-18-31)21-7-11-24(12-8-21)34-16-20-5-9-22(29)10-6-20/h2-13,25H,14,16-18H2,1H3/t25-/m1/s1. The molecule has 0 aromatic heterocycles. The Morgan fingerprint density at radius 1 is 1.11 bits per heavy atom. The van der Waals surface area contributed by atoms with E-state index >= 15 is 0 Å². The first kappa shape index (κ1) is 23.3. The minimum Gasteiger partial charge on any atom is -0.489 e. The summed E-state index contributed by atoms with van der Waals surface area (Å²) >= 11 is 7.49. The number of nitrogens with zero attached hydrogens (tertiary/aromatic N) is 3. The lowest BCUT2D eigenvalue weighted by molar-refractivity contribution is -0.129. The fourth-order valence-electron chi connectivity index (χ4n) is 4.38. The molecular formula is C28H24ClN3O2S. The second-order valence-electron chi connectivity index (χ2n) is 8.69. The third-order valence-electron chi connectivity index (χ3n) is 6.26. The maximum absolute atomic E-state index is 13.2. The Hall–Kier alpha value is -3.40. The van der Waals surface area contributed by atoms with Crippen molar-refractivity contribution in [3.63, 3.8) is 0 Å². The molecule has 1 fully saturated rings. The zero-order chi connectivity index (χ0) is 24.4. The van der Waals surface area contributed by atoms with Gasteiger partial charge in [0.1, 0.15) is 12.4 Å². The van der Waals surface area contributed by atoms with Gasteiger partial charge in [-0.05, 0) is 60.0 Å². The first-order chi connectivity index (χ1) is 17.0. The normalized spacial score (nSPS) is 17.7. The van der Waals surface area contributed by atoms with Crippen molar-refractivity contribution in [2.24, 2.45) is 0 Å². The van der Waals surface area contributed by atoms with Crippen molar-refractivity contribution in [1.29, 1.82) is 5.26 Å². The van der Waals surface area contributed by atoms with Crippen molar-refractivity contribution in [2.45, 2.75) is 25.9 Å². The second kappa shape index (κ2) is 10.1. The average molecular weight is 502 g/mol. The van der Waals surface area contributed by atoms with Gasteiger partial charge in [0.05, 0.1) is 29.2 Å². The summed E-state index contributed by atoms with van der Waals surface area (Å²) in [6.07, 6.45) is 0.277. The molecule has 1 amide bonds. The van der Waals surface area contributed by atoms with E-state index in [1.54, 1.807) is 16.7 Å². The maximum atomic E-state index is 13.2. The topological polar surface area (TPSA) is 56.6 Å². The Balaban J connectivity index is 1.32. The van der Waals surface area contributed by atoms with Crippen LogP contribution in [-0.4, -0.2) is 23.4 Å². The van der Waals surface area contributed by atoms with Crippen molar-refractivity contribution in [3.8, 4) is 11.8 Å². The van der Waals surface area contributed by atoms with Gasteiger partial charge < -0.3 is 9.64 Å². The summed E-state index contributed by atoms with van der Waals surface area (Å²) in [4.78, 5) is 17.1. The number of thioether (sulfide) groups is 1. The molecule has 3 aromatic carbocycles. The number of anilines is 1. The number of ether oxygens (including phenoxy) is 1. The molecule has 0 aliphatic carbocycles. The predicted molar refractivity (Wildman–Crippen MR) is 140 cm³/mol. The van der Waals surface area contributed by atoms with Crippen LogP contribution >= 0.6 is 23.4 Å². The van der Waals surface area contributed by atoms with Crippen LogP contribution < -0.4 is 9.64 Å². The van der Waals surface area contributed by atoms with Crippen LogP contribution in [-0.2, 0) is 11.4 Å². The Morgan fingerprint density at radius 3 is 2.60 bits per heavy atom. The van der Waals surface area contributed by atoms with Crippen LogP contribution in [0.2, 0.25) is 5.02 Å². The molecule has 0 bridgehead atoms. The Morgan fingerprint density at radius 2 is 1.89 bits per heavy atom. The fraction of sp³-hybridized carbons (Fsp3) is 0.214. The van der Waals surface area contributed by atoms with Crippen molar-refractivity contribution >= 4 is 35.0 Å². The zero-order valence-corrected chi connectivity index (χ0v) is 20.9. The summed E-state index contributed by atoms with van der Waals surface area (Å²) in [5, 5.41) is 11.5. The minimum atomic E-state index is -0.248. The van der Waals surface area contributed by atoms with E-state index in [1.807, 2.05) is 54.6 Å². The summed E-state index contributed by atoms with van der Waals surface area (Å²) < 4.78 is 5.89. The Bertz CT molecular complexity index is 1320. The molecule has 7 heteroatoms. The van der Waals surface area contributed by atoms with Crippen LogP contribution in [0, 0.1) is 18.3 Å². The van der Waals surface area contributed by atoms with E-state index in [-0.39, 0.29) is 18.2 Å². The lowest BCUT2D eigenvalue weighted by Crippen LogP contribution is -2.47. The summed E-state index contributed by atoms with van der Waals surface area (Å²) in [5.74, 6) is 1.22. The molecule has 2 aliphatic rings. The van der Waals surface area contributed by atoms with Crippen LogP contribution in [0.5, 0.6) is 5.75 Å². The highest BCUT2D eigenvalue weighted by molar-refractivity contribution is 8.03.